The molecular formula is C13H20N4O3. The summed E-state index contributed by atoms with van der Waals surface area (Å²) < 4.78 is 0. The highest BCUT2D eigenvalue weighted by atomic mass is 16.6. The number of nitrogens with zero attached hydrogens (tertiary/aromatic N) is 2. The van der Waals surface area contributed by atoms with Crippen LogP contribution in [0.3, 0.4) is 0 Å². The van der Waals surface area contributed by atoms with Crippen LogP contribution in [-0.2, 0) is 0 Å². The molecule has 1 aromatic rings. The van der Waals surface area contributed by atoms with Crippen molar-refractivity contribution in [2.24, 2.45) is 0 Å². The number of likely N-dealkylation sites (N-methyl/N-ethyl adjacent to an activating group) is 1. The fourth-order valence-electron chi connectivity index (χ4n) is 1.30. The standard InChI is InChI=1S/C13H20N4O3/c1-13(2,16(3)4)9-14-12(18)15-10-5-7-11(8-6-10)17(19)20/h5-8H,9H2,1-4H3,(H2,14,15,18). The minimum atomic E-state index is -0.483. The van der Waals surface area contributed by atoms with E-state index in [-0.39, 0.29) is 17.3 Å². The van der Waals surface area contributed by atoms with Gasteiger partial charge < -0.3 is 15.5 Å². The topological polar surface area (TPSA) is 87.5 Å². The molecule has 20 heavy (non-hydrogen) atoms. The molecular weight excluding hydrogens is 260 g/mol. The Balaban J connectivity index is 2.52. The number of anilines is 1. The summed E-state index contributed by atoms with van der Waals surface area (Å²) in [7, 11) is 3.88. The van der Waals surface area contributed by atoms with Crippen LogP contribution in [0.1, 0.15) is 13.8 Å². The minimum absolute atomic E-state index is 0.00954. The lowest BCUT2D eigenvalue weighted by molar-refractivity contribution is -0.384. The first-order chi connectivity index (χ1) is 9.22. The highest BCUT2D eigenvalue weighted by Crippen LogP contribution is 2.15. The van der Waals surface area contributed by atoms with Crippen LogP contribution >= 0.6 is 0 Å². The summed E-state index contributed by atoms with van der Waals surface area (Å²) in [4.78, 5) is 23.8. The van der Waals surface area contributed by atoms with E-state index in [1.807, 2.05) is 32.8 Å². The van der Waals surface area contributed by atoms with Crippen LogP contribution in [0.15, 0.2) is 24.3 Å². The van der Waals surface area contributed by atoms with E-state index in [4.69, 9.17) is 0 Å². The molecule has 0 saturated carbocycles. The molecule has 0 bridgehead atoms. The third-order valence-electron chi connectivity index (χ3n) is 3.23. The zero-order valence-corrected chi connectivity index (χ0v) is 12.1. The Morgan fingerprint density at radius 2 is 1.85 bits per heavy atom. The summed E-state index contributed by atoms with van der Waals surface area (Å²) in [6, 6.07) is 5.34. The Labute approximate surface area is 118 Å². The van der Waals surface area contributed by atoms with Crippen molar-refractivity contribution in [3.63, 3.8) is 0 Å². The van der Waals surface area contributed by atoms with E-state index in [0.717, 1.165) is 0 Å². The summed E-state index contributed by atoms with van der Waals surface area (Å²) in [6.07, 6.45) is 0. The predicted molar refractivity (Wildman–Crippen MR) is 77.9 cm³/mol. The number of nitro groups is 1. The quantitative estimate of drug-likeness (QED) is 0.638. The number of amides is 2. The van der Waals surface area contributed by atoms with Gasteiger partial charge in [0.1, 0.15) is 0 Å². The summed E-state index contributed by atoms with van der Waals surface area (Å²) in [6.45, 7) is 4.51. The van der Waals surface area contributed by atoms with Gasteiger partial charge >= 0.3 is 6.03 Å². The van der Waals surface area contributed by atoms with Crippen molar-refractivity contribution in [2.45, 2.75) is 19.4 Å². The van der Waals surface area contributed by atoms with Crippen molar-refractivity contribution in [2.75, 3.05) is 26.0 Å². The predicted octanol–water partition coefficient (Wildman–Crippen LogP) is 2.06. The zero-order chi connectivity index (χ0) is 15.3. The summed E-state index contributed by atoms with van der Waals surface area (Å²) in [5, 5.41) is 15.9. The zero-order valence-electron chi connectivity index (χ0n) is 12.1. The molecule has 7 heteroatoms. The largest absolute Gasteiger partial charge is 0.336 e. The number of hydrogen-bond acceptors (Lipinski definition) is 4. The molecule has 0 spiro atoms. The summed E-state index contributed by atoms with van der Waals surface area (Å²) in [5.41, 5.74) is 0.341. The first kappa shape index (κ1) is 15.9. The van der Waals surface area contributed by atoms with E-state index in [9.17, 15) is 14.9 Å². The van der Waals surface area contributed by atoms with Crippen molar-refractivity contribution >= 4 is 17.4 Å². The molecule has 2 amide bonds. The molecule has 2 N–H and O–H groups in total. The molecule has 110 valence electrons. The van der Waals surface area contributed by atoms with Gasteiger partial charge in [0.2, 0.25) is 0 Å². The van der Waals surface area contributed by atoms with Gasteiger partial charge in [-0.15, -0.1) is 0 Å². The Morgan fingerprint density at radius 3 is 2.30 bits per heavy atom. The van der Waals surface area contributed by atoms with Gasteiger partial charge in [-0.1, -0.05) is 0 Å². The highest BCUT2D eigenvalue weighted by Gasteiger charge is 2.20. The van der Waals surface area contributed by atoms with Gasteiger partial charge in [-0.3, -0.25) is 10.1 Å². The molecule has 1 aromatic carbocycles. The van der Waals surface area contributed by atoms with Gasteiger partial charge in [0.15, 0.2) is 0 Å². The molecule has 0 aliphatic rings. The number of hydrogen-bond donors (Lipinski definition) is 2. The molecule has 0 fully saturated rings. The second kappa shape index (κ2) is 6.33. The molecule has 0 aliphatic carbocycles. The van der Waals surface area contributed by atoms with E-state index in [1.54, 1.807) is 0 Å². The second-order valence-electron chi connectivity index (χ2n) is 5.32. The van der Waals surface area contributed by atoms with Gasteiger partial charge in [-0.25, -0.2) is 4.79 Å². The molecule has 0 aliphatic heterocycles. The molecule has 0 saturated heterocycles. The van der Waals surface area contributed by atoms with E-state index in [0.29, 0.717) is 12.2 Å². The molecule has 1 rings (SSSR count). The van der Waals surface area contributed by atoms with Crippen molar-refractivity contribution in [3.05, 3.63) is 34.4 Å². The molecule has 7 nitrogen and oxygen atoms in total. The molecule has 0 atom stereocenters. The van der Waals surface area contributed by atoms with Gasteiger partial charge in [0.05, 0.1) is 4.92 Å². The fourth-order valence-corrected chi connectivity index (χ4v) is 1.30. The van der Waals surface area contributed by atoms with E-state index >= 15 is 0 Å². The second-order valence-corrected chi connectivity index (χ2v) is 5.32. The molecule has 0 heterocycles. The molecule has 0 aromatic heterocycles. The van der Waals surface area contributed by atoms with Crippen LogP contribution in [0, 0.1) is 10.1 Å². The van der Waals surface area contributed by atoms with Crippen LogP contribution in [0.2, 0.25) is 0 Å². The van der Waals surface area contributed by atoms with Crippen molar-refractivity contribution in [1.29, 1.82) is 0 Å². The number of non-ortho nitro benzene ring substituents is 1. The minimum Gasteiger partial charge on any atom is -0.336 e. The van der Waals surface area contributed by atoms with Crippen LogP contribution in [0.25, 0.3) is 0 Å². The van der Waals surface area contributed by atoms with Crippen LogP contribution in [-0.4, -0.2) is 42.0 Å². The van der Waals surface area contributed by atoms with Crippen molar-refractivity contribution in [1.82, 2.24) is 10.2 Å². The lowest BCUT2D eigenvalue weighted by atomic mass is 10.1. The smallest absolute Gasteiger partial charge is 0.319 e. The van der Waals surface area contributed by atoms with Gasteiger partial charge in [-0.2, -0.15) is 0 Å². The Bertz CT molecular complexity index is 483. The maximum atomic E-state index is 11.7. The Hall–Kier alpha value is -2.15. The van der Waals surface area contributed by atoms with E-state index in [1.165, 1.54) is 24.3 Å². The number of rotatable bonds is 5. The van der Waals surface area contributed by atoms with E-state index in [2.05, 4.69) is 10.6 Å². The van der Waals surface area contributed by atoms with Gasteiger partial charge in [-0.05, 0) is 40.1 Å². The third-order valence-corrected chi connectivity index (χ3v) is 3.23. The first-order valence-corrected chi connectivity index (χ1v) is 6.19. The Morgan fingerprint density at radius 1 is 1.30 bits per heavy atom. The number of nitrogens with one attached hydrogen (secondary N) is 2. The maximum absolute atomic E-state index is 11.7. The highest BCUT2D eigenvalue weighted by molar-refractivity contribution is 5.89. The average molecular weight is 280 g/mol. The Kier molecular flexibility index (Phi) is 5.04. The van der Waals surface area contributed by atoms with Gasteiger partial charge in [0.25, 0.3) is 5.69 Å². The SMILES string of the molecule is CN(C)C(C)(C)CNC(=O)Nc1ccc([N+](=O)[O-])cc1. The van der Waals surface area contributed by atoms with Crippen molar-refractivity contribution in [3.8, 4) is 0 Å². The first-order valence-electron chi connectivity index (χ1n) is 6.19. The maximum Gasteiger partial charge on any atom is 0.319 e. The van der Waals surface area contributed by atoms with Crippen LogP contribution < -0.4 is 10.6 Å². The number of urea groups is 1. The fraction of sp³-hybridized carbons (Fsp3) is 0.462. The van der Waals surface area contributed by atoms with Crippen LogP contribution in [0.4, 0.5) is 16.2 Å². The molecule has 0 unspecified atom stereocenters. The normalized spacial score (nSPS) is 11.2. The average Bonchev–Trinajstić information content (AvgIpc) is 2.37. The number of carbonyl (C=O) groups is 1. The number of benzene rings is 1. The van der Waals surface area contributed by atoms with Crippen LogP contribution in [0.5, 0.6) is 0 Å². The molecule has 0 radical (unpaired) electrons. The monoisotopic (exact) mass is 280 g/mol. The number of nitro benzene ring substituents is 1. The van der Waals surface area contributed by atoms with Crippen molar-refractivity contribution < 1.29 is 9.72 Å². The van der Waals surface area contributed by atoms with E-state index < -0.39 is 4.92 Å². The lowest BCUT2D eigenvalue weighted by Crippen LogP contribution is -2.49. The lowest BCUT2D eigenvalue weighted by Gasteiger charge is -2.32. The number of carbonyl (C=O) groups excluding carboxylic acids is 1. The summed E-state index contributed by atoms with van der Waals surface area (Å²) in [5.74, 6) is 0. The summed E-state index contributed by atoms with van der Waals surface area (Å²) >= 11 is 0. The third kappa shape index (κ3) is 4.51. The van der Waals surface area contributed by atoms with Gasteiger partial charge in [0, 0.05) is 29.9 Å².